The first-order valence-electron chi connectivity index (χ1n) is 11.6. The number of carbonyl (C=O) groups excluding carboxylic acids is 1. The highest BCUT2D eigenvalue weighted by atomic mass is 32.2. The largest absolute Gasteiger partial charge is 0.302 e. The van der Waals surface area contributed by atoms with Gasteiger partial charge in [0.15, 0.2) is 5.13 Å². The van der Waals surface area contributed by atoms with Gasteiger partial charge in [0.05, 0.1) is 15.1 Å². The fraction of sp³-hybridized carbons (Fsp3) is 0.652. The van der Waals surface area contributed by atoms with Gasteiger partial charge in [0.1, 0.15) is 0 Å². The van der Waals surface area contributed by atoms with Crippen LogP contribution >= 0.6 is 11.3 Å². The van der Waals surface area contributed by atoms with E-state index in [9.17, 15) is 13.2 Å². The van der Waals surface area contributed by atoms with Crippen LogP contribution < -0.4 is 5.32 Å². The van der Waals surface area contributed by atoms with Crippen molar-refractivity contribution in [2.24, 2.45) is 0 Å². The van der Waals surface area contributed by atoms with Crippen molar-refractivity contribution in [3.63, 3.8) is 0 Å². The zero-order valence-corrected chi connectivity index (χ0v) is 20.8. The third-order valence-corrected chi connectivity index (χ3v) is 8.10. The van der Waals surface area contributed by atoms with Crippen molar-refractivity contribution in [1.82, 2.24) is 9.29 Å². The van der Waals surface area contributed by atoms with Gasteiger partial charge >= 0.3 is 0 Å². The molecule has 6 nitrogen and oxygen atoms in total. The summed E-state index contributed by atoms with van der Waals surface area (Å²) < 4.78 is 28.8. The summed E-state index contributed by atoms with van der Waals surface area (Å²) in [5, 5.41) is 3.39. The summed E-state index contributed by atoms with van der Waals surface area (Å²) in [6.45, 7) is 7.38. The number of aromatic nitrogens is 1. The van der Waals surface area contributed by atoms with E-state index < -0.39 is 10.0 Å². The fourth-order valence-corrected chi connectivity index (χ4v) is 5.90. The van der Waals surface area contributed by atoms with E-state index in [1.165, 1.54) is 24.2 Å². The van der Waals surface area contributed by atoms with E-state index in [2.05, 4.69) is 31.1 Å². The molecule has 2 rings (SSSR count). The van der Waals surface area contributed by atoms with Crippen LogP contribution in [0.4, 0.5) is 5.13 Å². The Balaban J connectivity index is 2.09. The van der Waals surface area contributed by atoms with Crippen molar-refractivity contribution in [3.8, 4) is 0 Å². The van der Waals surface area contributed by atoms with Gasteiger partial charge in [-0.25, -0.2) is 13.4 Å². The molecule has 1 aromatic heterocycles. The molecule has 0 saturated heterocycles. The predicted octanol–water partition coefficient (Wildman–Crippen LogP) is 6.19. The second-order valence-corrected chi connectivity index (χ2v) is 10.9. The Morgan fingerprint density at radius 3 is 2.26 bits per heavy atom. The minimum absolute atomic E-state index is 0.0336. The molecule has 1 amide bonds. The van der Waals surface area contributed by atoms with Gasteiger partial charge in [-0.1, -0.05) is 70.6 Å². The van der Waals surface area contributed by atoms with Crippen LogP contribution in [0.5, 0.6) is 0 Å². The number of anilines is 1. The van der Waals surface area contributed by atoms with Gasteiger partial charge in [0.2, 0.25) is 15.9 Å². The Hall–Kier alpha value is -1.51. The standard InChI is InChI=1S/C23H37N3O3S2/c1-4-7-10-11-12-13-22(27)25-23-24-20-15-14-19(18-21(20)30-23)31(28,29)26(16-8-5-2)17-9-6-3/h14-15,18H,4-13,16-17H2,1-3H3,(H,24,25,27). The summed E-state index contributed by atoms with van der Waals surface area (Å²) in [5.74, 6) is -0.0336. The molecular formula is C23H37N3O3S2. The summed E-state index contributed by atoms with van der Waals surface area (Å²) in [4.78, 5) is 16.9. The number of benzene rings is 1. The first-order chi connectivity index (χ1) is 14.9. The third kappa shape index (κ3) is 7.84. The van der Waals surface area contributed by atoms with E-state index in [4.69, 9.17) is 0 Å². The molecule has 0 aliphatic carbocycles. The summed E-state index contributed by atoms with van der Waals surface area (Å²) >= 11 is 1.32. The average Bonchev–Trinajstić information content (AvgIpc) is 3.14. The predicted molar refractivity (Wildman–Crippen MR) is 130 cm³/mol. The Labute approximate surface area is 191 Å². The maximum Gasteiger partial charge on any atom is 0.243 e. The number of sulfonamides is 1. The van der Waals surface area contributed by atoms with Crippen LogP contribution in [0.25, 0.3) is 10.2 Å². The lowest BCUT2D eigenvalue weighted by molar-refractivity contribution is -0.116. The molecule has 31 heavy (non-hydrogen) atoms. The molecule has 1 heterocycles. The highest BCUT2D eigenvalue weighted by Gasteiger charge is 2.24. The molecule has 1 N–H and O–H groups in total. The fourth-order valence-electron chi connectivity index (χ4n) is 3.36. The number of hydrogen-bond acceptors (Lipinski definition) is 5. The van der Waals surface area contributed by atoms with Crippen LogP contribution in [-0.4, -0.2) is 36.7 Å². The van der Waals surface area contributed by atoms with Crippen molar-refractivity contribution in [3.05, 3.63) is 18.2 Å². The first kappa shape index (κ1) is 25.7. The molecule has 0 atom stereocenters. The number of amides is 1. The molecule has 0 radical (unpaired) electrons. The van der Waals surface area contributed by atoms with Crippen molar-refractivity contribution in [1.29, 1.82) is 0 Å². The van der Waals surface area contributed by atoms with Crippen LogP contribution in [0.3, 0.4) is 0 Å². The zero-order valence-electron chi connectivity index (χ0n) is 19.2. The van der Waals surface area contributed by atoms with E-state index in [0.29, 0.717) is 35.1 Å². The number of nitrogens with one attached hydrogen (secondary N) is 1. The van der Waals surface area contributed by atoms with Gasteiger partial charge in [-0.15, -0.1) is 0 Å². The van der Waals surface area contributed by atoms with Crippen LogP contribution in [-0.2, 0) is 14.8 Å². The maximum atomic E-state index is 13.2. The topological polar surface area (TPSA) is 79.4 Å². The van der Waals surface area contributed by atoms with Crippen LogP contribution in [0.15, 0.2) is 23.1 Å². The SMILES string of the molecule is CCCCCCCC(=O)Nc1nc2ccc(S(=O)(=O)N(CCCC)CCCC)cc2s1. The molecule has 0 spiro atoms. The number of fused-ring (bicyclic) bond motifs is 1. The van der Waals surface area contributed by atoms with Gasteiger partial charge in [-0.3, -0.25) is 4.79 Å². The Morgan fingerprint density at radius 1 is 0.968 bits per heavy atom. The number of carbonyl (C=O) groups is 1. The van der Waals surface area contributed by atoms with Gasteiger partial charge < -0.3 is 5.32 Å². The first-order valence-corrected chi connectivity index (χ1v) is 13.9. The molecule has 0 fully saturated rings. The van der Waals surface area contributed by atoms with E-state index >= 15 is 0 Å². The summed E-state index contributed by atoms with van der Waals surface area (Å²) in [5.41, 5.74) is 0.705. The smallest absolute Gasteiger partial charge is 0.243 e. The molecule has 0 aliphatic rings. The van der Waals surface area contributed by atoms with Gasteiger partial charge in [0, 0.05) is 19.5 Å². The molecule has 174 valence electrons. The normalized spacial score (nSPS) is 12.0. The van der Waals surface area contributed by atoms with Crippen LogP contribution in [0.1, 0.15) is 85.0 Å². The number of rotatable bonds is 15. The summed E-state index contributed by atoms with van der Waals surface area (Å²) in [7, 11) is -3.55. The highest BCUT2D eigenvalue weighted by Crippen LogP contribution is 2.29. The Bertz CT molecular complexity index is 917. The van der Waals surface area contributed by atoms with E-state index in [-0.39, 0.29) is 5.91 Å². The van der Waals surface area contributed by atoms with E-state index in [1.54, 1.807) is 22.5 Å². The highest BCUT2D eigenvalue weighted by molar-refractivity contribution is 7.89. The maximum absolute atomic E-state index is 13.2. The second-order valence-electron chi connectivity index (χ2n) is 7.97. The van der Waals surface area contributed by atoms with Gasteiger partial charge in [-0.2, -0.15) is 4.31 Å². The van der Waals surface area contributed by atoms with E-state index in [1.807, 2.05) is 0 Å². The average molecular weight is 468 g/mol. The monoisotopic (exact) mass is 467 g/mol. The van der Waals surface area contributed by atoms with Crippen molar-refractivity contribution < 1.29 is 13.2 Å². The lowest BCUT2D eigenvalue weighted by Gasteiger charge is -2.21. The van der Waals surface area contributed by atoms with Crippen molar-refractivity contribution in [2.75, 3.05) is 18.4 Å². The number of unbranched alkanes of at least 4 members (excludes halogenated alkanes) is 6. The molecule has 0 bridgehead atoms. The molecule has 0 saturated carbocycles. The van der Waals surface area contributed by atoms with Crippen LogP contribution in [0.2, 0.25) is 0 Å². The number of hydrogen-bond donors (Lipinski definition) is 1. The lowest BCUT2D eigenvalue weighted by Crippen LogP contribution is -2.33. The van der Waals surface area contributed by atoms with Crippen molar-refractivity contribution in [2.45, 2.75) is 89.9 Å². The van der Waals surface area contributed by atoms with Gasteiger partial charge in [0.25, 0.3) is 0 Å². The minimum Gasteiger partial charge on any atom is -0.302 e. The quantitative estimate of drug-likeness (QED) is 0.317. The third-order valence-electron chi connectivity index (χ3n) is 5.27. The molecule has 8 heteroatoms. The minimum atomic E-state index is -3.55. The molecule has 1 aromatic carbocycles. The second kappa shape index (κ2) is 13.1. The van der Waals surface area contributed by atoms with E-state index in [0.717, 1.165) is 49.6 Å². The molecule has 0 unspecified atom stereocenters. The zero-order chi connectivity index (χ0) is 22.7. The summed E-state index contributed by atoms with van der Waals surface area (Å²) in [6.07, 6.45) is 9.59. The summed E-state index contributed by atoms with van der Waals surface area (Å²) in [6, 6.07) is 5.05. The molecule has 2 aromatic rings. The van der Waals surface area contributed by atoms with Crippen LogP contribution in [0, 0.1) is 0 Å². The molecule has 0 aliphatic heterocycles. The Morgan fingerprint density at radius 2 is 1.61 bits per heavy atom. The number of thiazole rings is 1. The van der Waals surface area contributed by atoms with Gasteiger partial charge in [-0.05, 0) is 37.5 Å². The van der Waals surface area contributed by atoms with Crippen molar-refractivity contribution >= 4 is 42.6 Å². The Kier molecular flexibility index (Phi) is 10.9. The lowest BCUT2D eigenvalue weighted by atomic mass is 10.1. The number of nitrogens with zero attached hydrogens (tertiary/aromatic N) is 2. The molecular weight excluding hydrogens is 430 g/mol.